The lowest BCUT2D eigenvalue weighted by molar-refractivity contribution is 0.422. The first-order valence-electron chi connectivity index (χ1n) is 5.65. The molecule has 1 aliphatic rings. The van der Waals surface area contributed by atoms with E-state index in [0.29, 0.717) is 5.92 Å². The van der Waals surface area contributed by atoms with Crippen LogP contribution < -0.4 is 0 Å². The maximum absolute atomic E-state index is 4.72. The van der Waals surface area contributed by atoms with Crippen molar-refractivity contribution >= 4 is 0 Å². The molecule has 0 radical (unpaired) electrons. The molecule has 1 atom stereocenters. The zero-order valence-electron chi connectivity index (χ0n) is 9.38. The molecule has 1 heteroatoms. The summed E-state index contributed by atoms with van der Waals surface area (Å²) in [5.41, 5.74) is 4.03. The molecule has 0 saturated heterocycles. The van der Waals surface area contributed by atoms with E-state index in [9.17, 15) is 0 Å². The number of rotatable bonds is 1. The lowest BCUT2D eigenvalue weighted by atomic mass is 9.80. The van der Waals surface area contributed by atoms with Gasteiger partial charge in [0.1, 0.15) is 0 Å². The van der Waals surface area contributed by atoms with Crippen molar-refractivity contribution in [3.63, 3.8) is 0 Å². The fourth-order valence-electron chi connectivity index (χ4n) is 2.44. The maximum Gasteiger partial charge on any atom is 0.0472 e. The molecule has 0 amide bonds. The van der Waals surface area contributed by atoms with Gasteiger partial charge in [-0.15, -0.1) is 0 Å². The minimum atomic E-state index is 0.693. The standard InChI is InChI=1S/C13H19N/c1-9(2)12-6-4-5-11-8-7-10(3)14-13(11)12/h7-9,12H,4-6H2,1-3H3/t12-/m0/s1. The fourth-order valence-corrected chi connectivity index (χ4v) is 2.44. The average molecular weight is 189 g/mol. The molecule has 1 aromatic heterocycles. The minimum absolute atomic E-state index is 0.693. The number of fused-ring (bicyclic) bond motifs is 1. The van der Waals surface area contributed by atoms with Crippen LogP contribution in [0.3, 0.4) is 0 Å². The van der Waals surface area contributed by atoms with E-state index >= 15 is 0 Å². The molecule has 14 heavy (non-hydrogen) atoms. The number of pyridine rings is 1. The average Bonchev–Trinajstić information content (AvgIpc) is 2.16. The summed E-state index contributed by atoms with van der Waals surface area (Å²) in [5, 5.41) is 0. The highest BCUT2D eigenvalue weighted by atomic mass is 14.7. The molecular formula is C13H19N. The van der Waals surface area contributed by atoms with Gasteiger partial charge in [0.25, 0.3) is 0 Å². The third kappa shape index (κ3) is 1.68. The van der Waals surface area contributed by atoms with Crippen molar-refractivity contribution in [1.82, 2.24) is 4.98 Å². The predicted molar refractivity (Wildman–Crippen MR) is 59.5 cm³/mol. The van der Waals surface area contributed by atoms with Crippen molar-refractivity contribution < 1.29 is 0 Å². The van der Waals surface area contributed by atoms with E-state index in [1.807, 2.05) is 0 Å². The van der Waals surface area contributed by atoms with Gasteiger partial charge in [0.15, 0.2) is 0 Å². The Labute approximate surface area is 86.6 Å². The third-order valence-electron chi connectivity index (χ3n) is 3.27. The highest BCUT2D eigenvalue weighted by Gasteiger charge is 2.23. The number of aromatic nitrogens is 1. The Morgan fingerprint density at radius 1 is 1.36 bits per heavy atom. The topological polar surface area (TPSA) is 12.9 Å². The molecule has 1 heterocycles. The molecule has 76 valence electrons. The normalized spacial score (nSPS) is 21.0. The van der Waals surface area contributed by atoms with Crippen LogP contribution in [0.2, 0.25) is 0 Å². The van der Waals surface area contributed by atoms with Crippen LogP contribution >= 0.6 is 0 Å². The van der Waals surface area contributed by atoms with Gasteiger partial charge in [0, 0.05) is 17.3 Å². The molecule has 2 rings (SSSR count). The highest BCUT2D eigenvalue weighted by Crippen LogP contribution is 2.35. The monoisotopic (exact) mass is 189 g/mol. The van der Waals surface area contributed by atoms with Crippen LogP contribution in [-0.4, -0.2) is 4.98 Å². The van der Waals surface area contributed by atoms with Gasteiger partial charge in [-0.3, -0.25) is 4.98 Å². The molecule has 0 unspecified atom stereocenters. The van der Waals surface area contributed by atoms with Crippen LogP contribution in [-0.2, 0) is 6.42 Å². The van der Waals surface area contributed by atoms with E-state index in [0.717, 1.165) is 11.6 Å². The van der Waals surface area contributed by atoms with E-state index in [2.05, 4.69) is 32.9 Å². The summed E-state index contributed by atoms with van der Waals surface area (Å²) >= 11 is 0. The van der Waals surface area contributed by atoms with Gasteiger partial charge in [-0.1, -0.05) is 19.9 Å². The Kier molecular flexibility index (Phi) is 2.58. The second-order valence-electron chi connectivity index (χ2n) is 4.74. The predicted octanol–water partition coefficient (Wildman–Crippen LogP) is 3.47. The minimum Gasteiger partial charge on any atom is -0.258 e. The van der Waals surface area contributed by atoms with Crippen LogP contribution in [0.1, 0.15) is 49.6 Å². The molecule has 0 aliphatic heterocycles. The van der Waals surface area contributed by atoms with Crippen LogP contribution in [0.4, 0.5) is 0 Å². The number of aryl methyl sites for hydroxylation is 2. The quantitative estimate of drug-likeness (QED) is 0.659. The van der Waals surface area contributed by atoms with Crippen LogP contribution in [0.25, 0.3) is 0 Å². The Balaban J connectivity index is 2.41. The van der Waals surface area contributed by atoms with E-state index in [1.165, 1.54) is 30.5 Å². The second kappa shape index (κ2) is 3.72. The molecule has 0 saturated carbocycles. The summed E-state index contributed by atoms with van der Waals surface area (Å²) in [7, 11) is 0. The lowest BCUT2D eigenvalue weighted by Gasteiger charge is -2.27. The largest absolute Gasteiger partial charge is 0.258 e. The molecule has 0 spiro atoms. The SMILES string of the molecule is Cc1ccc2c(n1)[C@H](C(C)C)CCC2. The van der Waals surface area contributed by atoms with Crippen molar-refractivity contribution in [2.75, 3.05) is 0 Å². The van der Waals surface area contributed by atoms with Gasteiger partial charge in [-0.2, -0.15) is 0 Å². The van der Waals surface area contributed by atoms with Gasteiger partial charge in [0.05, 0.1) is 0 Å². The van der Waals surface area contributed by atoms with Gasteiger partial charge < -0.3 is 0 Å². The number of hydrogen-bond acceptors (Lipinski definition) is 1. The molecule has 1 aromatic rings. The number of hydrogen-bond donors (Lipinski definition) is 0. The van der Waals surface area contributed by atoms with E-state index in [1.54, 1.807) is 0 Å². The summed E-state index contributed by atoms with van der Waals surface area (Å²) < 4.78 is 0. The Bertz CT molecular complexity index is 328. The summed E-state index contributed by atoms with van der Waals surface area (Å²) in [5.74, 6) is 1.42. The smallest absolute Gasteiger partial charge is 0.0472 e. The van der Waals surface area contributed by atoms with E-state index in [-0.39, 0.29) is 0 Å². The molecule has 1 aliphatic carbocycles. The summed E-state index contributed by atoms with van der Waals surface area (Å²) in [6.45, 7) is 6.71. The Morgan fingerprint density at radius 3 is 2.86 bits per heavy atom. The molecule has 0 bridgehead atoms. The lowest BCUT2D eigenvalue weighted by Crippen LogP contribution is -2.16. The van der Waals surface area contributed by atoms with Crippen LogP contribution in [0.15, 0.2) is 12.1 Å². The van der Waals surface area contributed by atoms with E-state index < -0.39 is 0 Å². The molecule has 0 fully saturated rings. The maximum atomic E-state index is 4.72. The zero-order valence-corrected chi connectivity index (χ0v) is 9.38. The van der Waals surface area contributed by atoms with Gasteiger partial charge >= 0.3 is 0 Å². The third-order valence-corrected chi connectivity index (χ3v) is 3.27. The zero-order chi connectivity index (χ0) is 10.1. The summed E-state index contributed by atoms with van der Waals surface area (Å²) in [6, 6.07) is 4.41. The molecule has 1 nitrogen and oxygen atoms in total. The van der Waals surface area contributed by atoms with Crippen molar-refractivity contribution in [3.05, 3.63) is 29.1 Å². The molecule has 0 N–H and O–H groups in total. The molecular weight excluding hydrogens is 170 g/mol. The van der Waals surface area contributed by atoms with Gasteiger partial charge in [0.2, 0.25) is 0 Å². The van der Waals surface area contributed by atoms with Gasteiger partial charge in [-0.25, -0.2) is 0 Å². The summed E-state index contributed by atoms with van der Waals surface area (Å²) in [6.07, 6.45) is 3.88. The summed E-state index contributed by atoms with van der Waals surface area (Å²) in [4.78, 5) is 4.72. The van der Waals surface area contributed by atoms with Gasteiger partial charge in [-0.05, 0) is 43.7 Å². The molecule has 0 aromatic carbocycles. The van der Waals surface area contributed by atoms with Crippen molar-refractivity contribution in [2.24, 2.45) is 5.92 Å². The first kappa shape index (κ1) is 9.70. The fraction of sp³-hybridized carbons (Fsp3) is 0.615. The first-order valence-corrected chi connectivity index (χ1v) is 5.65. The second-order valence-corrected chi connectivity index (χ2v) is 4.74. The highest BCUT2D eigenvalue weighted by molar-refractivity contribution is 5.28. The van der Waals surface area contributed by atoms with Crippen molar-refractivity contribution in [3.8, 4) is 0 Å². The Hall–Kier alpha value is -0.850. The first-order chi connectivity index (χ1) is 6.68. The van der Waals surface area contributed by atoms with Crippen LogP contribution in [0.5, 0.6) is 0 Å². The number of nitrogens with zero attached hydrogens (tertiary/aromatic N) is 1. The van der Waals surface area contributed by atoms with Crippen molar-refractivity contribution in [2.45, 2.75) is 46.0 Å². The van der Waals surface area contributed by atoms with E-state index in [4.69, 9.17) is 4.98 Å². The van der Waals surface area contributed by atoms with Crippen LogP contribution in [0, 0.1) is 12.8 Å². The Morgan fingerprint density at radius 2 is 2.14 bits per heavy atom. The van der Waals surface area contributed by atoms with Crippen molar-refractivity contribution in [1.29, 1.82) is 0 Å².